The predicted octanol–water partition coefficient (Wildman–Crippen LogP) is 5.05. The van der Waals surface area contributed by atoms with E-state index in [-0.39, 0.29) is 11.8 Å². The third kappa shape index (κ3) is 4.89. The Labute approximate surface area is 188 Å². The Hall–Kier alpha value is -3.86. The van der Waals surface area contributed by atoms with Crippen molar-refractivity contribution >= 4 is 5.91 Å². The first-order valence-corrected chi connectivity index (χ1v) is 10.7. The van der Waals surface area contributed by atoms with Gasteiger partial charge in [-0.05, 0) is 35.7 Å². The second kappa shape index (κ2) is 9.96. The lowest BCUT2D eigenvalue weighted by atomic mass is 9.88. The average molecular weight is 426 g/mol. The van der Waals surface area contributed by atoms with E-state index in [1.54, 1.807) is 18.8 Å². The molecule has 4 aromatic rings. The van der Waals surface area contributed by atoms with Gasteiger partial charge in [-0.25, -0.2) is 0 Å². The number of aryl methyl sites for hydroxylation is 1. The van der Waals surface area contributed by atoms with Gasteiger partial charge in [0.15, 0.2) is 0 Å². The van der Waals surface area contributed by atoms with E-state index in [1.807, 2.05) is 42.5 Å². The SMILES string of the molecule is COc1cccc(-c2cc(C(=O)NCCC(c3ccccc3)c3ccccc3)n(C)n2)c1. The van der Waals surface area contributed by atoms with E-state index >= 15 is 0 Å². The number of ether oxygens (including phenoxy) is 1. The molecule has 0 spiro atoms. The van der Waals surface area contributed by atoms with Gasteiger partial charge in [-0.2, -0.15) is 5.10 Å². The van der Waals surface area contributed by atoms with Crippen LogP contribution in [0.15, 0.2) is 91.0 Å². The van der Waals surface area contributed by atoms with Crippen LogP contribution in [0.25, 0.3) is 11.3 Å². The van der Waals surface area contributed by atoms with E-state index in [9.17, 15) is 4.79 Å². The van der Waals surface area contributed by atoms with Crippen LogP contribution < -0.4 is 10.1 Å². The Morgan fingerprint density at radius 1 is 0.938 bits per heavy atom. The molecule has 162 valence electrons. The van der Waals surface area contributed by atoms with Gasteiger partial charge in [-0.3, -0.25) is 9.48 Å². The Morgan fingerprint density at radius 2 is 1.59 bits per heavy atom. The van der Waals surface area contributed by atoms with Crippen LogP contribution in [0, 0.1) is 0 Å². The molecule has 0 aliphatic rings. The Bertz CT molecular complexity index is 1130. The fourth-order valence-corrected chi connectivity index (χ4v) is 3.92. The maximum Gasteiger partial charge on any atom is 0.269 e. The summed E-state index contributed by atoms with van der Waals surface area (Å²) >= 11 is 0. The van der Waals surface area contributed by atoms with Crippen LogP contribution in [0.3, 0.4) is 0 Å². The van der Waals surface area contributed by atoms with Crippen molar-refractivity contribution in [1.82, 2.24) is 15.1 Å². The first-order chi connectivity index (χ1) is 15.7. The molecule has 0 bridgehead atoms. The molecule has 1 amide bonds. The summed E-state index contributed by atoms with van der Waals surface area (Å²) in [7, 11) is 3.42. The van der Waals surface area contributed by atoms with Gasteiger partial charge in [-0.1, -0.05) is 72.8 Å². The summed E-state index contributed by atoms with van der Waals surface area (Å²) in [5, 5.41) is 7.59. The molecule has 0 fully saturated rings. The van der Waals surface area contributed by atoms with Gasteiger partial charge in [0.05, 0.1) is 12.8 Å². The number of rotatable bonds is 8. The first kappa shape index (κ1) is 21.4. The lowest BCUT2D eigenvalue weighted by Gasteiger charge is -2.18. The van der Waals surface area contributed by atoms with Crippen molar-refractivity contribution in [1.29, 1.82) is 0 Å². The minimum Gasteiger partial charge on any atom is -0.497 e. The van der Waals surface area contributed by atoms with Gasteiger partial charge in [0.25, 0.3) is 5.91 Å². The maximum atomic E-state index is 12.9. The monoisotopic (exact) mass is 425 g/mol. The number of nitrogens with zero attached hydrogens (tertiary/aromatic N) is 2. The van der Waals surface area contributed by atoms with Crippen molar-refractivity contribution in [2.75, 3.05) is 13.7 Å². The van der Waals surface area contributed by atoms with E-state index in [0.717, 1.165) is 23.4 Å². The number of hydrogen-bond acceptors (Lipinski definition) is 3. The highest BCUT2D eigenvalue weighted by atomic mass is 16.5. The highest BCUT2D eigenvalue weighted by molar-refractivity contribution is 5.93. The molecule has 0 unspecified atom stereocenters. The number of hydrogen-bond donors (Lipinski definition) is 1. The molecular formula is C27H27N3O2. The lowest BCUT2D eigenvalue weighted by Crippen LogP contribution is -2.27. The quantitative estimate of drug-likeness (QED) is 0.430. The highest BCUT2D eigenvalue weighted by Gasteiger charge is 2.17. The number of methoxy groups -OCH3 is 1. The highest BCUT2D eigenvalue weighted by Crippen LogP contribution is 2.27. The van der Waals surface area contributed by atoms with Crippen molar-refractivity contribution in [2.45, 2.75) is 12.3 Å². The number of carbonyl (C=O) groups is 1. The minimum atomic E-state index is -0.131. The number of amides is 1. The third-order valence-corrected chi connectivity index (χ3v) is 5.60. The summed E-state index contributed by atoms with van der Waals surface area (Å²) in [5.74, 6) is 0.845. The standard InChI is InChI=1S/C27H27N3O2/c1-30-26(19-25(29-30)22-14-9-15-23(18-22)32-2)27(31)28-17-16-24(20-10-5-3-6-11-20)21-12-7-4-8-13-21/h3-15,18-19,24H,16-17H2,1-2H3,(H,28,31). The van der Waals surface area contributed by atoms with Crippen molar-refractivity contribution in [2.24, 2.45) is 7.05 Å². The van der Waals surface area contributed by atoms with Crippen molar-refractivity contribution < 1.29 is 9.53 Å². The largest absolute Gasteiger partial charge is 0.497 e. The van der Waals surface area contributed by atoms with Gasteiger partial charge in [0.1, 0.15) is 11.4 Å². The van der Waals surface area contributed by atoms with Gasteiger partial charge in [-0.15, -0.1) is 0 Å². The molecule has 1 heterocycles. The molecule has 0 radical (unpaired) electrons. The summed E-state index contributed by atoms with van der Waals surface area (Å²) < 4.78 is 6.92. The summed E-state index contributed by atoms with van der Waals surface area (Å²) in [5.41, 5.74) is 4.66. The van der Waals surface area contributed by atoms with E-state index in [2.05, 4.69) is 58.9 Å². The van der Waals surface area contributed by atoms with Crippen LogP contribution in [0.1, 0.15) is 34.0 Å². The Morgan fingerprint density at radius 3 is 2.22 bits per heavy atom. The van der Waals surface area contributed by atoms with E-state index < -0.39 is 0 Å². The molecule has 0 aliphatic carbocycles. The smallest absolute Gasteiger partial charge is 0.269 e. The molecule has 0 atom stereocenters. The normalized spacial score (nSPS) is 10.8. The van der Waals surface area contributed by atoms with Crippen LogP contribution in [-0.4, -0.2) is 29.3 Å². The molecule has 0 aliphatic heterocycles. The third-order valence-electron chi connectivity index (χ3n) is 5.60. The zero-order valence-corrected chi connectivity index (χ0v) is 18.4. The van der Waals surface area contributed by atoms with Crippen molar-refractivity contribution in [3.8, 4) is 17.0 Å². The number of carbonyl (C=O) groups excluding carboxylic acids is 1. The van der Waals surface area contributed by atoms with Crippen molar-refractivity contribution in [3.05, 3.63) is 108 Å². The van der Waals surface area contributed by atoms with Gasteiger partial charge >= 0.3 is 0 Å². The lowest BCUT2D eigenvalue weighted by molar-refractivity contribution is 0.0943. The molecular weight excluding hydrogens is 398 g/mol. The van der Waals surface area contributed by atoms with E-state index in [1.165, 1.54) is 11.1 Å². The zero-order valence-electron chi connectivity index (χ0n) is 18.4. The molecule has 4 rings (SSSR count). The van der Waals surface area contributed by atoms with Gasteiger partial charge in [0, 0.05) is 25.1 Å². The molecule has 1 aromatic heterocycles. The van der Waals surface area contributed by atoms with Gasteiger partial charge in [0.2, 0.25) is 0 Å². The molecule has 1 N–H and O–H groups in total. The molecule has 5 nitrogen and oxygen atoms in total. The number of benzene rings is 3. The van der Waals surface area contributed by atoms with Crippen LogP contribution >= 0.6 is 0 Å². The topological polar surface area (TPSA) is 56.1 Å². The zero-order chi connectivity index (χ0) is 22.3. The summed E-state index contributed by atoms with van der Waals surface area (Å²) in [6.07, 6.45) is 0.806. The Balaban J connectivity index is 1.45. The second-order valence-corrected chi connectivity index (χ2v) is 7.69. The molecule has 0 saturated carbocycles. The minimum absolute atomic E-state index is 0.131. The predicted molar refractivity (Wildman–Crippen MR) is 127 cm³/mol. The van der Waals surface area contributed by atoms with Crippen LogP contribution in [0.5, 0.6) is 5.75 Å². The number of nitrogens with one attached hydrogen (secondary N) is 1. The summed E-state index contributed by atoms with van der Waals surface area (Å²) in [6, 6.07) is 30.3. The maximum absolute atomic E-state index is 12.9. The van der Waals surface area contributed by atoms with Gasteiger partial charge < -0.3 is 10.1 Å². The fourth-order valence-electron chi connectivity index (χ4n) is 3.92. The fraction of sp³-hybridized carbons (Fsp3) is 0.185. The molecule has 3 aromatic carbocycles. The second-order valence-electron chi connectivity index (χ2n) is 7.69. The van der Waals surface area contributed by atoms with Crippen LogP contribution in [0.4, 0.5) is 0 Å². The average Bonchev–Trinajstić information content (AvgIpc) is 3.24. The van der Waals surface area contributed by atoms with Crippen LogP contribution in [0.2, 0.25) is 0 Å². The van der Waals surface area contributed by atoms with Crippen LogP contribution in [-0.2, 0) is 7.05 Å². The molecule has 32 heavy (non-hydrogen) atoms. The Kier molecular flexibility index (Phi) is 6.66. The van der Waals surface area contributed by atoms with Crippen molar-refractivity contribution in [3.63, 3.8) is 0 Å². The first-order valence-electron chi connectivity index (χ1n) is 10.7. The summed E-state index contributed by atoms with van der Waals surface area (Å²) in [4.78, 5) is 12.9. The molecule has 0 saturated heterocycles. The summed E-state index contributed by atoms with van der Waals surface area (Å²) in [6.45, 7) is 0.562. The van der Waals surface area contributed by atoms with E-state index in [0.29, 0.717) is 12.2 Å². The number of aromatic nitrogens is 2. The van der Waals surface area contributed by atoms with E-state index in [4.69, 9.17) is 4.74 Å². The molecule has 5 heteroatoms.